The Morgan fingerprint density at radius 2 is 1.70 bits per heavy atom. The van der Waals surface area contributed by atoms with Crippen LogP contribution in [-0.2, 0) is 11.2 Å². The molecule has 1 N–H and O–H groups in total. The van der Waals surface area contributed by atoms with E-state index in [-0.39, 0.29) is 0 Å². The SMILES string of the molecule is CCC(CC)C(CNCCOC)Cc1ccc(C)cc1. The van der Waals surface area contributed by atoms with Gasteiger partial charge in [0.15, 0.2) is 0 Å². The van der Waals surface area contributed by atoms with E-state index >= 15 is 0 Å². The summed E-state index contributed by atoms with van der Waals surface area (Å²) in [5.41, 5.74) is 2.80. The largest absolute Gasteiger partial charge is 0.383 e. The zero-order valence-corrected chi connectivity index (χ0v) is 13.6. The lowest BCUT2D eigenvalue weighted by atomic mass is 9.83. The van der Waals surface area contributed by atoms with E-state index in [1.165, 1.54) is 30.4 Å². The minimum Gasteiger partial charge on any atom is -0.383 e. The van der Waals surface area contributed by atoms with Crippen molar-refractivity contribution in [3.8, 4) is 0 Å². The van der Waals surface area contributed by atoms with E-state index in [1.54, 1.807) is 7.11 Å². The van der Waals surface area contributed by atoms with Gasteiger partial charge in [-0.05, 0) is 37.3 Å². The van der Waals surface area contributed by atoms with E-state index in [2.05, 4.69) is 50.4 Å². The van der Waals surface area contributed by atoms with Crippen molar-refractivity contribution in [3.63, 3.8) is 0 Å². The predicted molar refractivity (Wildman–Crippen MR) is 87.2 cm³/mol. The Kier molecular flexibility index (Phi) is 8.56. The van der Waals surface area contributed by atoms with Crippen LogP contribution < -0.4 is 5.32 Å². The Hall–Kier alpha value is -0.860. The van der Waals surface area contributed by atoms with Crippen LogP contribution in [0.4, 0.5) is 0 Å². The smallest absolute Gasteiger partial charge is 0.0587 e. The standard InChI is InChI=1S/C18H31NO/c1-5-17(6-2)18(14-19-11-12-20-4)13-16-9-7-15(3)8-10-16/h7-10,17-19H,5-6,11-14H2,1-4H3. The lowest BCUT2D eigenvalue weighted by Crippen LogP contribution is -2.31. The summed E-state index contributed by atoms with van der Waals surface area (Å²) in [5.74, 6) is 1.51. The summed E-state index contributed by atoms with van der Waals surface area (Å²) >= 11 is 0. The van der Waals surface area contributed by atoms with Crippen LogP contribution in [0.2, 0.25) is 0 Å². The van der Waals surface area contributed by atoms with Gasteiger partial charge < -0.3 is 10.1 Å². The van der Waals surface area contributed by atoms with Gasteiger partial charge in [-0.2, -0.15) is 0 Å². The van der Waals surface area contributed by atoms with Crippen molar-refractivity contribution in [3.05, 3.63) is 35.4 Å². The number of aryl methyl sites for hydroxylation is 1. The van der Waals surface area contributed by atoms with Crippen LogP contribution in [0.1, 0.15) is 37.8 Å². The monoisotopic (exact) mass is 277 g/mol. The van der Waals surface area contributed by atoms with Crippen molar-refractivity contribution in [1.29, 1.82) is 0 Å². The topological polar surface area (TPSA) is 21.3 Å². The number of methoxy groups -OCH3 is 1. The van der Waals surface area contributed by atoms with Gasteiger partial charge in [-0.15, -0.1) is 0 Å². The second-order valence-corrected chi connectivity index (χ2v) is 5.72. The van der Waals surface area contributed by atoms with E-state index in [0.29, 0.717) is 5.92 Å². The molecule has 20 heavy (non-hydrogen) atoms. The summed E-state index contributed by atoms with van der Waals surface area (Å²) < 4.78 is 5.11. The average Bonchev–Trinajstić information content (AvgIpc) is 2.46. The third-order valence-corrected chi connectivity index (χ3v) is 4.22. The Balaban J connectivity index is 2.58. The van der Waals surface area contributed by atoms with E-state index in [0.717, 1.165) is 25.6 Å². The Bertz CT molecular complexity index is 343. The van der Waals surface area contributed by atoms with Crippen LogP contribution in [0.3, 0.4) is 0 Å². The number of nitrogens with one attached hydrogen (secondary N) is 1. The molecule has 0 amide bonds. The second-order valence-electron chi connectivity index (χ2n) is 5.72. The molecule has 0 saturated heterocycles. The first kappa shape index (κ1) is 17.2. The van der Waals surface area contributed by atoms with Crippen molar-refractivity contribution >= 4 is 0 Å². The molecule has 0 spiro atoms. The van der Waals surface area contributed by atoms with Crippen molar-refractivity contribution in [2.24, 2.45) is 11.8 Å². The van der Waals surface area contributed by atoms with Crippen LogP contribution in [0.15, 0.2) is 24.3 Å². The molecule has 114 valence electrons. The molecule has 2 heteroatoms. The first-order valence-electron chi connectivity index (χ1n) is 7.96. The normalized spacial score (nSPS) is 12.8. The molecule has 0 aromatic heterocycles. The summed E-state index contributed by atoms with van der Waals surface area (Å²) in [6.45, 7) is 9.59. The number of hydrogen-bond donors (Lipinski definition) is 1. The molecule has 0 aliphatic heterocycles. The van der Waals surface area contributed by atoms with E-state index < -0.39 is 0 Å². The number of hydrogen-bond acceptors (Lipinski definition) is 2. The Morgan fingerprint density at radius 1 is 1.05 bits per heavy atom. The fourth-order valence-electron chi connectivity index (χ4n) is 2.85. The summed E-state index contributed by atoms with van der Waals surface area (Å²) in [7, 11) is 1.76. The maximum absolute atomic E-state index is 5.11. The van der Waals surface area contributed by atoms with Crippen LogP contribution >= 0.6 is 0 Å². The minimum absolute atomic E-state index is 0.713. The quantitative estimate of drug-likeness (QED) is 0.656. The van der Waals surface area contributed by atoms with Gasteiger partial charge in [0, 0.05) is 13.7 Å². The highest BCUT2D eigenvalue weighted by molar-refractivity contribution is 5.21. The molecule has 1 aromatic rings. The van der Waals surface area contributed by atoms with Gasteiger partial charge in [-0.25, -0.2) is 0 Å². The maximum atomic E-state index is 5.11. The molecule has 1 aromatic carbocycles. The zero-order valence-electron chi connectivity index (χ0n) is 13.6. The predicted octanol–water partition coefficient (Wildman–Crippen LogP) is 3.83. The van der Waals surface area contributed by atoms with Crippen LogP contribution in [-0.4, -0.2) is 26.8 Å². The highest BCUT2D eigenvalue weighted by atomic mass is 16.5. The fraction of sp³-hybridized carbons (Fsp3) is 0.667. The molecule has 0 saturated carbocycles. The van der Waals surface area contributed by atoms with Gasteiger partial charge in [-0.1, -0.05) is 56.5 Å². The van der Waals surface area contributed by atoms with Gasteiger partial charge in [0.05, 0.1) is 6.61 Å². The second kappa shape index (κ2) is 9.95. The summed E-state index contributed by atoms with van der Waals surface area (Å²) in [6, 6.07) is 9.00. The van der Waals surface area contributed by atoms with Crippen LogP contribution in [0.5, 0.6) is 0 Å². The third-order valence-electron chi connectivity index (χ3n) is 4.22. The molecule has 0 fully saturated rings. The molecular weight excluding hydrogens is 246 g/mol. The number of benzene rings is 1. The molecule has 0 radical (unpaired) electrons. The van der Waals surface area contributed by atoms with Gasteiger partial charge in [0.2, 0.25) is 0 Å². The van der Waals surface area contributed by atoms with E-state index in [4.69, 9.17) is 4.74 Å². The van der Waals surface area contributed by atoms with Gasteiger partial charge in [0.25, 0.3) is 0 Å². The van der Waals surface area contributed by atoms with E-state index in [1.807, 2.05) is 0 Å². The van der Waals surface area contributed by atoms with Crippen LogP contribution in [0.25, 0.3) is 0 Å². The summed E-state index contributed by atoms with van der Waals surface area (Å²) in [4.78, 5) is 0. The van der Waals surface area contributed by atoms with Gasteiger partial charge in [0.1, 0.15) is 0 Å². The lowest BCUT2D eigenvalue weighted by molar-refractivity contribution is 0.194. The van der Waals surface area contributed by atoms with Crippen molar-refractivity contribution < 1.29 is 4.74 Å². The first-order chi connectivity index (χ1) is 9.71. The first-order valence-corrected chi connectivity index (χ1v) is 7.96. The number of rotatable bonds is 10. The zero-order chi connectivity index (χ0) is 14.8. The summed E-state index contributed by atoms with van der Waals surface area (Å²) in [6.07, 6.45) is 3.70. The average molecular weight is 277 g/mol. The van der Waals surface area contributed by atoms with Crippen molar-refractivity contribution in [2.45, 2.75) is 40.0 Å². The third kappa shape index (κ3) is 6.06. The number of ether oxygens (including phenoxy) is 1. The fourth-order valence-corrected chi connectivity index (χ4v) is 2.85. The highest BCUT2D eigenvalue weighted by Crippen LogP contribution is 2.23. The molecule has 0 bridgehead atoms. The highest BCUT2D eigenvalue weighted by Gasteiger charge is 2.18. The molecule has 1 unspecified atom stereocenters. The lowest BCUT2D eigenvalue weighted by Gasteiger charge is -2.26. The molecule has 2 nitrogen and oxygen atoms in total. The minimum atomic E-state index is 0.713. The van der Waals surface area contributed by atoms with Gasteiger partial charge >= 0.3 is 0 Å². The van der Waals surface area contributed by atoms with E-state index in [9.17, 15) is 0 Å². The maximum Gasteiger partial charge on any atom is 0.0587 e. The molecule has 1 rings (SSSR count). The van der Waals surface area contributed by atoms with Crippen molar-refractivity contribution in [2.75, 3.05) is 26.8 Å². The molecule has 0 aliphatic carbocycles. The Morgan fingerprint density at radius 3 is 2.25 bits per heavy atom. The molecular formula is C18H31NO. The molecule has 0 heterocycles. The van der Waals surface area contributed by atoms with Crippen molar-refractivity contribution in [1.82, 2.24) is 5.32 Å². The van der Waals surface area contributed by atoms with Gasteiger partial charge in [-0.3, -0.25) is 0 Å². The Labute approximate surface area is 124 Å². The molecule has 1 atom stereocenters. The molecule has 0 aliphatic rings. The summed E-state index contributed by atoms with van der Waals surface area (Å²) in [5, 5.41) is 3.54. The van der Waals surface area contributed by atoms with Crippen LogP contribution in [0, 0.1) is 18.8 Å².